The van der Waals surface area contributed by atoms with Crippen LogP contribution in [0.5, 0.6) is 0 Å². The molecule has 1 aromatic carbocycles. The lowest BCUT2D eigenvalue weighted by molar-refractivity contribution is 0.636. The van der Waals surface area contributed by atoms with Gasteiger partial charge in [-0.15, -0.1) is 0 Å². The third kappa shape index (κ3) is 2.46. The van der Waals surface area contributed by atoms with Crippen LogP contribution in [-0.2, 0) is 13.1 Å². The first-order valence-corrected chi connectivity index (χ1v) is 6.31. The van der Waals surface area contributed by atoms with Crippen molar-refractivity contribution in [3.05, 3.63) is 51.8 Å². The van der Waals surface area contributed by atoms with E-state index in [0.29, 0.717) is 6.54 Å². The van der Waals surface area contributed by atoms with Crippen molar-refractivity contribution in [2.24, 2.45) is 5.73 Å². The maximum Gasteiger partial charge on any atom is 0.0668 e. The normalized spacial score (nSPS) is 10.9. The van der Waals surface area contributed by atoms with E-state index in [4.69, 9.17) is 5.73 Å². The lowest BCUT2D eigenvalue weighted by atomic mass is 10.00. The van der Waals surface area contributed by atoms with Gasteiger partial charge < -0.3 is 5.73 Å². The van der Waals surface area contributed by atoms with Gasteiger partial charge in [-0.25, -0.2) is 0 Å². The molecular formula is C15H21N3. The van der Waals surface area contributed by atoms with Gasteiger partial charge in [0.1, 0.15) is 0 Å². The van der Waals surface area contributed by atoms with E-state index in [2.05, 4.69) is 44.1 Å². The van der Waals surface area contributed by atoms with E-state index in [-0.39, 0.29) is 0 Å². The molecule has 0 fully saturated rings. The molecular weight excluding hydrogens is 222 g/mol. The quantitative estimate of drug-likeness (QED) is 0.900. The van der Waals surface area contributed by atoms with Gasteiger partial charge in [0.05, 0.1) is 17.9 Å². The maximum atomic E-state index is 5.76. The minimum Gasteiger partial charge on any atom is -0.325 e. The van der Waals surface area contributed by atoms with Crippen molar-refractivity contribution in [3.63, 3.8) is 0 Å². The Morgan fingerprint density at radius 1 is 1.06 bits per heavy atom. The lowest BCUT2D eigenvalue weighted by Crippen LogP contribution is -2.11. The Bertz CT molecular complexity index is 544. The van der Waals surface area contributed by atoms with Crippen molar-refractivity contribution in [3.8, 4) is 0 Å². The molecule has 96 valence electrons. The van der Waals surface area contributed by atoms with Gasteiger partial charge in [0.25, 0.3) is 0 Å². The van der Waals surface area contributed by atoms with Gasteiger partial charge in [-0.3, -0.25) is 4.68 Å². The van der Waals surface area contributed by atoms with Crippen LogP contribution in [-0.4, -0.2) is 9.78 Å². The molecule has 0 amide bonds. The van der Waals surface area contributed by atoms with Crippen LogP contribution >= 0.6 is 0 Å². The highest BCUT2D eigenvalue weighted by atomic mass is 15.3. The van der Waals surface area contributed by atoms with Crippen LogP contribution in [0.4, 0.5) is 0 Å². The number of hydrogen-bond donors (Lipinski definition) is 1. The van der Waals surface area contributed by atoms with Crippen LogP contribution in [0.25, 0.3) is 0 Å². The third-order valence-electron chi connectivity index (χ3n) is 3.34. The van der Waals surface area contributed by atoms with Gasteiger partial charge in [0.2, 0.25) is 0 Å². The fourth-order valence-electron chi connectivity index (χ4n) is 2.51. The van der Waals surface area contributed by atoms with E-state index in [9.17, 15) is 0 Å². The van der Waals surface area contributed by atoms with Gasteiger partial charge in [0, 0.05) is 6.54 Å². The predicted molar refractivity (Wildman–Crippen MR) is 74.6 cm³/mol. The van der Waals surface area contributed by atoms with Crippen LogP contribution in [0.1, 0.15) is 33.6 Å². The van der Waals surface area contributed by atoms with Gasteiger partial charge in [-0.2, -0.15) is 5.10 Å². The van der Waals surface area contributed by atoms with Gasteiger partial charge in [-0.05, 0) is 50.5 Å². The summed E-state index contributed by atoms with van der Waals surface area (Å²) in [6, 6.07) is 6.50. The van der Waals surface area contributed by atoms with Gasteiger partial charge in [0.15, 0.2) is 0 Å². The third-order valence-corrected chi connectivity index (χ3v) is 3.34. The molecule has 1 heterocycles. The molecule has 0 unspecified atom stereocenters. The highest BCUT2D eigenvalue weighted by molar-refractivity contribution is 5.37. The molecule has 0 aliphatic heterocycles. The van der Waals surface area contributed by atoms with E-state index in [1.807, 2.05) is 11.6 Å². The Hall–Kier alpha value is -1.61. The van der Waals surface area contributed by atoms with E-state index in [1.165, 1.54) is 22.3 Å². The zero-order valence-corrected chi connectivity index (χ0v) is 11.6. The average Bonchev–Trinajstić information content (AvgIpc) is 2.64. The number of hydrogen-bond acceptors (Lipinski definition) is 2. The van der Waals surface area contributed by atoms with Crippen molar-refractivity contribution >= 4 is 0 Å². The Morgan fingerprint density at radius 3 is 2.22 bits per heavy atom. The van der Waals surface area contributed by atoms with E-state index >= 15 is 0 Å². The molecule has 0 radical (unpaired) electrons. The summed E-state index contributed by atoms with van der Waals surface area (Å²) in [5.41, 5.74) is 13.2. The van der Waals surface area contributed by atoms with Gasteiger partial charge in [-0.1, -0.05) is 17.7 Å². The second-order valence-corrected chi connectivity index (χ2v) is 5.02. The number of rotatable bonds is 3. The van der Waals surface area contributed by atoms with Crippen LogP contribution in [0.15, 0.2) is 18.2 Å². The second-order valence-electron chi connectivity index (χ2n) is 5.02. The molecule has 0 aliphatic carbocycles. The first-order chi connectivity index (χ1) is 8.51. The van der Waals surface area contributed by atoms with E-state index in [1.54, 1.807) is 0 Å². The summed E-state index contributed by atoms with van der Waals surface area (Å²) in [5.74, 6) is 0. The molecule has 0 saturated heterocycles. The molecule has 2 rings (SSSR count). The van der Waals surface area contributed by atoms with Crippen LogP contribution in [0, 0.1) is 27.7 Å². The summed E-state index contributed by atoms with van der Waals surface area (Å²) in [6.07, 6.45) is 0. The molecule has 0 saturated carbocycles. The van der Waals surface area contributed by atoms with Crippen LogP contribution < -0.4 is 5.73 Å². The topological polar surface area (TPSA) is 43.8 Å². The number of nitrogens with two attached hydrogens (primary N) is 1. The highest BCUT2D eigenvalue weighted by Crippen LogP contribution is 2.18. The van der Waals surface area contributed by atoms with Crippen molar-refractivity contribution in [1.82, 2.24) is 9.78 Å². The molecule has 3 nitrogen and oxygen atoms in total. The fraction of sp³-hybridized carbons (Fsp3) is 0.400. The summed E-state index contributed by atoms with van der Waals surface area (Å²) in [6.45, 7) is 9.79. The Kier molecular flexibility index (Phi) is 3.53. The molecule has 18 heavy (non-hydrogen) atoms. The first-order valence-electron chi connectivity index (χ1n) is 6.31. The minimum absolute atomic E-state index is 0.533. The van der Waals surface area contributed by atoms with E-state index in [0.717, 1.165) is 17.9 Å². The largest absolute Gasteiger partial charge is 0.325 e. The molecule has 0 bridgehead atoms. The molecule has 0 atom stereocenters. The van der Waals surface area contributed by atoms with Crippen LogP contribution in [0.2, 0.25) is 0 Å². The number of aromatic nitrogens is 2. The Labute approximate surface area is 109 Å². The standard InChI is InChI=1S/C15H21N3/c1-10-5-11(2)15(12(3)6-10)9-18-14(8-16)7-13(4)17-18/h5-7H,8-9,16H2,1-4H3. The van der Waals surface area contributed by atoms with Crippen molar-refractivity contribution < 1.29 is 0 Å². The molecule has 0 spiro atoms. The minimum atomic E-state index is 0.533. The summed E-state index contributed by atoms with van der Waals surface area (Å²) in [7, 11) is 0. The van der Waals surface area contributed by atoms with Crippen LogP contribution in [0.3, 0.4) is 0 Å². The molecule has 3 heteroatoms. The van der Waals surface area contributed by atoms with Crippen molar-refractivity contribution in [1.29, 1.82) is 0 Å². The summed E-state index contributed by atoms with van der Waals surface area (Å²) >= 11 is 0. The average molecular weight is 243 g/mol. The van der Waals surface area contributed by atoms with Crippen molar-refractivity contribution in [2.75, 3.05) is 0 Å². The van der Waals surface area contributed by atoms with Gasteiger partial charge >= 0.3 is 0 Å². The summed E-state index contributed by atoms with van der Waals surface area (Å²) < 4.78 is 2.01. The zero-order valence-electron chi connectivity index (χ0n) is 11.6. The Morgan fingerprint density at radius 2 is 1.67 bits per heavy atom. The fourth-order valence-corrected chi connectivity index (χ4v) is 2.51. The second kappa shape index (κ2) is 4.94. The number of nitrogens with zero attached hydrogens (tertiary/aromatic N) is 2. The molecule has 2 N–H and O–H groups in total. The monoisotopic (exact) mass is 243 g/mol. The smallest absolute Gasteiger partial charge is 0.0668 e. The molecule has 2 aromatic rings. The molecule has 0 aliphatic rings. The maximum absolute atomic E-state index is 5.76. The first kappa shape index (κ1) is 12.8. The lowest BCUT2D eigenvalue weighted by Gasteiger charge is -2.13. The SMILES string of the molecule is Cc1cc(C)c(Cn2nc(C)cc2CN)c(C)c1. The predicted octanol–water partition coefficient (Wildman–Crippen LogP) is 2.62. The van der Waals surface area contributed by atoms with Crippen molar-refractivity contribution in [2.45, 2.75) is 40.8 Å². The molecule has 1 aromatic heterocycles. The summed E-state index contributed by atoms with van der Waals surface area (Å²) in [4.78, 5) is 0. The summed E-state index contributed by atoms with van der Waals surface area (Å²) in [5, 5.41) is 4.52. The number of benzene rings is 1. The zero-order chi connectivity index (χ0) is 13.3. The highest BCUT2D eigenvalue weighted by Gasteiger charge is 2.09. The Balaban J connectivity index is 2.39. The number of aryl methyl sites for hydroxylation is 4. The van der Waals surface area contributed by atoms with E-state index < -0.39 is 0 Å².